The molecule has 3 N–H and O–H groups in total. The van der Waals surface area contributed by atoms with E-state index in [2.05, 4.69) is 15.5 Å². The molecule has 8 nitrogen and oxygen atoms in total. The van der Waals surface area contributed by atoms with E-state index in [9.17, 15) is 9.59 Å². The summed E-state index contributed by atoms with van der Waals surface area (Å²) >= 11 is 1.08. The fraction of sp³-hybridized carbons (Fsp3) is 0.375. The van der Waals surface area contributed by atoms with E-state index in [4.69, 9.17) is 14.9 Å². The molecule has 1 atom stereocenters. The predicted molar refractivity (Wildman–Crippen MR) is 92.0 cm³/mol. The number of aromatic nitrogens is 2. The van der Waals surface area contributed by atoms with Gasteiger partial charge in [0.15, 0.2) is 6.61 Å². The largest absolute Gasteiger partial charge is 0.484 e. The fourth-order valence-electron chi connectivity index (χ4n) is 1.99. The number of benzene rings is 1. The molecule has 1 heterocycles. The standard InChI is InChI=1S/C16H20N4O4S/c1-9(2)13(14(21)18-15(17)22)25-16-20-19-12(24-16)8-23-11-6-4-5-10(3)7-11/h4-7,9,13H,8H2,1-3H3,(H3,17,18,21,22)/t13-/m1/s1. The molecule has 2 rings (SSSR count). The van der Waals surface area contributed by atoms with E-state index in [1.165, 1.54) is 0 Å². The van der Waals surface area contributed by atoms with Crippen LogP contribution in [0, 0.1) is 12.8 Å². The quantitative estimate of drug-likeness (QED) is 0.723. The van der Waals surface area contributed by atoms with Gasteiger partial charge in [-0.3, -0.25) is 10.1 Å². The fourth-order valence-corrected chi connectivity index (χ4v) is 2.88. The van der Waals surface area contributed by atoms with E-state index in [0.29, 0.717) is 11.6 Å². The van der Waals surface area contributed by atoms with Gasteiger partial charge in [0.05, 0.1) is 5.25 Å². The highest BCUT2D eigenvalue weighted by Gasteiger charge is 2.27. The molecule has 2 aromatic rings. The Morgan fingerprint density at radius 1 is 1.36 bits per heavy atom. The molecule has 1 aromatic carbocycles. The number of rotatable bonds is 7. The van der Waals surface area contributed by atoms with Crippen molar-refractivity contribution in [1.29, 1.82) is 0 Å². The summed E-state index contributed by atoms with van der Waals surface area (Å²) in [6.45, 7) is 5.78. The van der Waals surface area contributed by atoms with Gasteiger partial charge in [0.25, 0.3) is 11.1 Å². The van der Waals surface area contributed by atoms with Crippen LogP contribution in [-0.4, -0.2) is 27.4 Å². The molecule has 134 valence electrons. The van der Waals surface area contributed by atoms with Crippen LogP contribution in [-0.2, 0) is 11.4 Å². The van der Waals surface area contributed by atoms with Crippen molar-refractivity contribution in [2.24, 2.45) is 11.7 Å². The zero-order valence-corrected chi connectivity index (χ0v) is 15.0. The monoisotopic (exact) mass is 364 g/mol. The van der Waals surface area contributed by atoms with Crippen molar-refractivity contribution in [2.75, 3.05) is 0 Å². The lowest BCUT2D eigenvalue weighted by molar-refractivity contribution is -0.120. The Labute approximate surface area is 149 Å². The zero-order chi connectivity index (χ0) is 18.4. The van der Waals surface area contributed by atoms with Gasteiger partial charge in [0.1, 0.15) is 5.75 Å². The molecule has 0 radical (unpaired) electrons. The number of carbonyl (C=O) groups is 2. The third-order valence-electron chi connectivity index (χ3n) is 3.14. The third kappa shape index (κ3) is 5.79. The summed E-state index contributed by atoms with van der Waals surface area (Å²) in [5, 5.41) is 9.51. The summed E-state index contributed by atoms with van der Waals surface area (Å²) < 4.78 is 11.1. The number of nitrogens with one attached hydrogen (secondary N) is 1. The first-order chi connectivity index (χ1) is 11.8. The Morgan fingerprint density at radius 3 is 2.76 bits per heavy atom. The number of amides is 3. The van der Waals surface area contributed by atoms with E-state index in [1.807, 2.05) is 45.0 Å². The average molecular weight is 364 g/mol. The lowest BCUT2D eigenvalue weighted by Gasteiger charge is -2.16. The van der Waals surface area contributed by atoms with E-state index >= 15 is 0 Å². The molecule has 0 spiro atoms. The van der Waals surface area contributed by atoms with Crippen molar-refractivity contribution in [3.05, 3.63) is 35.7 Å². The normalized spacial score (nSPS) is 12.0. The van der Waals surface area contributed by atoms with Crippen molar-refractivity contribution >= 4 is 23.7 Å². The van der Waals surface area contributed by atoms with Gasteiger partial charge < -0.3 is 14.9 Å². The van der Waals surface area contributed by atoms with Gasteiger partial charge in [0, 0.05) is 0 Å². The van der Waals surface area contributed by atoms with Crippen LogP contribution in [0.1, 0.15) is 25.3 Å². The molecule has 0 saturated heterocycles. The SMILES string of the molecule is Cc1cccc(OCc2nnc(S[C@@H](C(=O)NC(N)=O)C(C)C)o2)c1. The minimum absolute atomic E-state index is 0.0664. The van der Waals surface area contributed by atoms with Crippen LogP contribution in [0.5, 0.6) is 5.75 Å². The maximum atomic E-state index is 12.0. The molecule has 0 bridgehead atoms. The lowest BCUT2D eigenvalue weighted by Crippen LogP contribution is -2.42. The van der Waals surface area contributed by atoms with E-state index in [0.717, 1.165) is 17.3 Å². The molecular weight excluding hydrogens is 344 g/mol. The molecule has 0 aliphatic carbocycles. The smallest absolute Gasteiger partial charge is 0.318 e. The summed E-state index contributed by atoms with van der Waals surface area (Å²) in [5.74, 6) is 0.432. The molecular formula is C16H20N4O4S. The van der Waals surface area contributed by atoms with Crippen LogP contribution in [0.15, 0.2) is 33.9 Å². The molecule has 9 heteroatoms. The Hall–Kier alpha value is -2.55. The van der Waals surface area contributed by atoms with E-state index in [-0.39, 0.29) is 17.7 Å². The number of primary amides is 1. The molecule has 0 saturated carbocycles. The van der Waals surface area contributed by atoms with Gasteiger partial charge in [-0.2, -0.15) is 0 Å². The predicted octanol–water partition coefficient (Wildman–Crippen LogP) is 2.27. The van der Waals surface area contributed by atoms with Gasteiger partial charge in [-0.15, -0.1) is 10.2 Å². The van der Waals surface area contributed by atoms with Gasteiger partial charge in [-0.05, 0) is 30.5 Å². The summed E-state index contributed by atoms with van der Waals surface area (Å²) in [4.78, 5) is 22.9. The number of nitrogens with zero attached hydrogens (tertiary/aromatic N) is 2. The lowest BCUT2D eigenvalue weighted by atomic mass is 10.1. The van der Waals surface area contributed by atoms with Gasteiger partial charge >= 0.3 is 6.03 Å². The number of ether oxygens (including phenoxy) is 1. The summed E-state index contributed by atoms with van der Waals surface area (Å²) in [6, 6.07) is 6.70. The van der Waals surface area contributed by atoms with Crippen LogP contribution in [0.4, 0.5) is 4.79 Å². The second-order valence-electron chi connectivity index (χ2n) is 5.70. The van der Waals surface area contributed by atoms with Crippen molar-refractivity contribution < 1.29 is 18.7 Å². The maximum absolute atomic E-state index is 12.0. The van der Waals surface area contributed by atoms with Crippen LogP contribution in [0.3, 0.4) is 0 Å². The Bertz CT molecular complexity index is 747. The highest BCUT2D eigenvalue weighted by molar-refractivity contribution is 8.00. The number of urea groups is 1. The number of hydrogen-bond donors (Lipinski definition) is 2. The maximum Gasteiger partial charge on any atom is 0.318 e. The van der Waals surface area contributed by atoms with Gasteiger partial charge in [0.2, 0.25) is 5.91 Å². The van der Waals surface area contributed by atoms with Crippen LogP contribution >= 0.6 is 11.8 Å². The highest BCUT2D eigenvalue weighted by Crippen LogP contribution is 2.27. The zero-order valence-electron chi connectivity index (χ0n) is 14.2. The van der Waals surface area contributed by atoms with Crippen LogP contribution in [0.25, 0.3) is 0 Å². The second-order valence-corrected chi connectivity index (χ2v) is 6.80. The van der Waals surface area contributed by atoms with Crippen molar-refractivity contribution in [2.45, 2.75) is 37.9 Å². The molecule has 0 aliphatic rings. The third-order valence-corrected chi connectivity index (χ3v) is 4.52. The van der Waals surface area contributed by atoms with Gasteiger partial charge in [-0.1, -0.05) is 37.7 Å². The first kappa shape index (κ1) is 18.8. The first-order valence-electron chi connectivity index (χ1n) is 7.64. The average Bonchev–Trinajstić information content (AvgIpc) is 2.97. The van der Waals surface area contributed by atoms with Crippen molar-refractivity contribution in [3.8, 4) is 5.75 Å². The number of hydrogen-bond acceptors (Lipinski definition) is 7. The van der Waals surface area contributed by atoms with Crippen LogP contribution in [0.2, 0.25) is 0 Å². The van der Waals surface area contributed by atoms with E-state index < -0.39 is 17.2 Å². The summed E-state index contributed by atoms with van der Waals surface area (Å²) in [5.41, 5.74) is 6.07. The Balaban J connectivity index is 1.97. The number of thioether (sulfide) groups is 1. The molecule has 1 aromatic heterocycles. The molecule has 25 heavy (non-hydrogen) atoms. The number of carbonyl (C=O) groups excluding carboxylic acids is 2. The molecule has 0 fully saturated rings. The minimum atomic E-state index is -0.894. The Kier molecular flexibility index (Phi) is 6.40. The molecule has 0 aliphatic heterocycles. The summed E-state index contributed by atoms with van der Waals surface area (Å²) in [7, 11) is 0. The first-order valence-corrected chi connectivity index (χ1v) is 8.52. The van der Waals surface area contributed by atoms with Crippen molar-refractivity contribution in [3.63, 3.8) is 0 Å². The Morgan fingerprint density at radius 2 is 2.12 bits per heavy atom. The minimum Gasteiger partial charge on any atom is -0.484 e. The van der Waals surface area contributed by atoms with Crippen LogP contribution < -0.4 is 15.8 Å². The topological polar surface area (TPSA) is 120 Å². The second kappa shape index (κ2) is 8.52. The van der Waals surface area contributed by atoms with E-state index in [1.54, 1.807) is 0 Å². The number of imide groups is 1. The van der Waals surface area contributed by atoms with Gasteiger partial charge in [-0.25, -0.2) is 4.79 Å². The molecule has 3 amide bonds. The number of nitrogens with two attached hydrogens (primary N) is 1. The number of aryl methyl sites for hydroxylation is 1. The van der Waals surface area contributed by atoms with Crippen molar-refractivity contribution in [1.82, 2.24) is 15.5 Å². The highest BCUT2D eigenvalue weighted by atomic mass is 32.2. The summed E-state index contributed by atoms with van der Waals surface area (Å²) in [6.07, 6.45) is 0. The molecule has 0 unspecified atom stereocenters.